The summed E-state index contributed by atoms with van der Waals surface area (Å²) in [7, 11) is -2.11. The Kier molecular flexibility index (Phi) is 5.00. The van der Waals surface area contributed by atoms with Gasteiger partial charge in [0.05, 0.1) is 9.77 Å². The zero-order chi connectivity index (χ0) is 16.3. The van der Waals surface area contributed by atoms with Gasteiger partial charge in [-0.25, -0.2) is 13.1 Å². The summed E-state index contributed by atoms with van der Waals surface area (Å²) in [6.45, 7) is 4.05. The van der Waals surface area contributed by atoms with Gasteiger partial charge in [-0.3, -0.25) is 4.79 Å². The van der Waals surface area contributed by atoms with Crippen LogP contribution in [0.15, 0.2) is 35.2 Å². The van der Waals surface area contributed by atoms with Crippen molar-refractivity contribution in [2.45, 2.75) is 25.2 Å². The van der Waals surface area contributed by atoms with E-state index in [1.165, 1.54) is 35.4 Å². The monoisotopic (exact) mass is 338 g/mol. The summed E-state index contributed by atoms with van der Waals surface area (Å²) in [5.74, 6) is -0.183. The molecule has 118 valence electrons. The highest BCUT2D eigenvalue weighted by Gasteiger charge is 2.13. The van der Waals surface area contributed by atoms with Gasteiger partial charge in [0.15, 0.2) is 0 Å². The Morgan fingerprint density at radius 3 is 2.36 bits per heavy atom. The van der Waals surface area contributed by atoms with E-state index in [0.717, 1.165) is 12.0 Å². The maximum atomic E-state index is 12.2. The van der Waals surface area contributed by atoms with Crippen LogP contribution in [0.3, 0.4) is 0 Å². The molecule has 2 aromatic rings. The van der Waals surface area contributed by atoms with E-state index in [-0.39, 0.29) is 10.8 Å². The Morgan fingerprint density at radius 1 is 1.23 bits per heavy atom. The minimum Gasteiger partial charge on any atom is -0.321 e. The Balaban J connectivity index is 2.15. The van der Waals surface area contributed by atoms with Crippen LogP contribution < -0.4 is 10.0 Å². The second-order valence-corrected chi connectivity index (χ2v) is 7.78. The first-order valence-electron chi connectivity index (χ1n) is 6.81. The predicted octanol–water partition coefficient (Wildman–Crippen LogP) is 2.78. The number of benzene rings is 1. The highest BCUT2D eigenvalue weighted by molar-refractivity contribution is 7.89. The lowest BCUT2D eigenvalue weighted by Crippen LogP contribution is -2.18. The van der Waals surface area contributed by atoms with Crippen molar-refractivity contribution in [1.82, 2.24) is 4.72 Å². The number of sulfonamides is 1. The molecule has 1 aromatic heterocycles. The van der Waals surface area contributed by atoms with Gasteiger partial charge in [-0.15, -0.1) is 11.3 Å². The standard InChI is InChI=1S/C15H18N2O3S2/c1-4-13-10(2)9-14(21-13)15(18)17-11-5-7-12(8-6-11)22(19,20)16-3/h5-9,16H,4H2,1-3H3,(H,17,18). The predicted molar refractivity (Wildman–Crippen MR) is 89.1 cm³/mol. The van der Waals surface area contributed by atoms with Crippen LogP contribution in [0.25, 0.3) is 0 Å². The summed E-state index contributed by atoms with van der Waals surface area (Å²) in [4.78, 5) is 14.2. The SMILES string of the molecule is CCc1sc(C(=O)Nc2ccc(S(=O)(=O)NC)cc2)cc1C. The van der Waals surface area contributed by atoms with Crippen LogP contribution in [0.4, 0.5) is 5.69 Å². The van der Waals surface area contributed by atoms with Gasteiger partial charge < -0.3 is 5.32 Å². The number of carbonyl (C=O) groups excluding carboxylic acids is 1. The minimum atomic E-state index is -3.46. The number of aryl methyl sites for hydroxylation is 2. The normalized spacial score (nSPS) is 11.4. The fourth-order valence-electron chi connectivity index (χ4n) is 2.01. The van der Waals surface area contributed by atoms with E-state index >= 15 is 0 Å². The molecule has 7 heteroatoms. The minimum absolute atomic E-state index is 0.160. The molecular weight excluding hydrogens is 320 g/mol. The first-order chi connectivity index (χ1) is 10.4. The molecule has 0 spiro atoms. The van der Waals surface area contributed by atoms with Gasteiger partial charge in [-0.1, -0.05) is 6.92 Å². The number of thiophene rings is 1. The van der Waals surface area contributed by atoms with Gasteiger partial charge in [-0.2, -0.15) is 0 Å². The van der Waals surface area contributed by atoms with Crippen molar-refractivity contribution < 1.29 is 13.2 Å². The molecule has 1 amide bonds. The average Bonchev–Trinajstić information content (AvgIpc) is 2.89. The molecule has 0 saturated heterocycles. The molecule has 0 aliphatic carbocycles. The molecule has 0 atom stereocenters. The van der Waals surface area contributed by atoms with Crippen molar-refractivity contribution in [3.63, 3.8) is 0 Å². The van der Waals surface area contributed by atoms with Gasteiger partial charge >= 0.3 is 0 Å². The van der Waals surface area contributed by atoms with Gasteiger partial charge in [0.25, 0.3) is 5.91 Å². The molecule has 0 aliphatic rings. The number of hydrogen-bond acceptors (Lipinski definition) is 4. The Hall–Kier alpha value is -1.70. The number of hydrogen-bond donors (Lipinski definition) is 2. The summed E-state index contributed by atoms with van der Waals surface area (Å²) in [5, 5.41) is 2.78. The molecule has 1 heterocycles. The fourth-order valence-corrected chi connectivity index (χ4v) is 3.75. The molecule has 0 radical (unpaired) electrons. The molecule has 5 nitrogen and oxygen atoms in total. The summed E-state index contributed by atoms with van der Waals surface area (Å²) in [6.07, 6.45) is 0.903. The van der Waals surface area contributed by atoms with Gasteiger partial charge in [0, 0.05) is 10.6 Å². The topological polar surface area (TPSA) is 75.3 Å². The lowest BCUT2D eigenvalue weighted by molar-refractivity contribution is 0.103. The van der Waals surface area contributed by atoms with E-state index in [1.54, 1.807) is 12.1 Å². The van der Waals surface area contributed by atoms with E-state index < -0.39 is 10.0 Å². The van der Waals surface area contributed by atoms with Crippen molar-refractivity contribution >= 4 is 33.0 Å². The van der Waals surface area contributed by atoms with Gasteiger partial charge in [0.2, 0.25) is 10.0 Å². The van der Waals surface area contributed by atoms with E-state index in [2.05, 4.69) is 17.0 Å². The summed E-state index contributed by atoms with van der Waals surface area (Å²) < 4.78 is 25.5. The molecule has 0 bridgehead atoms. The summed E-state index contributed by atoms with van der Waals surface area (Å²) in [6, 6.07) is 7.93. The largest absolute Gasteiger partial charge is 0.321 e. The van der Waals surface area contributed by atoms with Crippen LogP contribution in [0.1, 0.15) is 27.0 Å². The number of nitrogens with one attached hydrogen (secondary N) is 2. The van der Waals surface area contributed by atoms with Crippen LogP contribution in [-0.4, -0.2) is 21.4 Å². The van der Waals surface area contributed by atoms with Crippen LogP contribution in [-0.2, 0) is 16.4 Å². The number of carbonyl (C=O) groups is 1. The highest BCUT2D eigenvalue weighted by Crippen LogP contribution is 2.23. The van der Waals surface area contributed by atoms with Gasteiger partial charge in [-0.05, 0) is 56.3 Å². The Bertz CT molecular complexity index is 778. The van der Waals surface area contributed by atoms with Crippen LogP contribution in [0.5, 0.6) is 0 Å². The zero-order valence-electron chi connectivity index (χ0n) is 12.6. The third-order valence-corrected chi connectivity index (χ3v) is 6.07. The summed E-state index contributed by atoms with van der Waals surface area (Å²) in [5.41, 5.74) is 1.68. The molecule has 2 N–H and O–H groups in total. The van der Waals surface area contributed by atoms with E-state index in [4.69, 9.17) is 0 Å². The van der Waals surface area contributed by atoms with Gasteiger partial charge in [0.1, 0.15) is 0 Å². The zero-order valence-corrected chi connectivity index (χ0v) is 14.3. The van der Waals surface area contributed by atoms with Crippen molar-refractivity contribution in [3.8, 4) is 0 Å². The smallest absolute Gasteiger partial charge is 0.265 e. The first kappa shape index (κ1) is 16.7. The lowest BCUT2D eigenvalue weighted by atomic mass is 10.2. The Labute approximate surface area is 134 Å². The average molecular weight is 338 g/mol. The molecule has 0 aliphatic heterocycles. The van der Waals surface area contributed by atoms with E-state index in [9.17, 15) is 13.2 Å². The van der Waals surface area contributed by atoms with Crippen molar-refractivity contribution in [2.24, 2.45) is 0 Å². The van der Waals surface area contributed by atoms with Crippen LogP contribution >= 0.6 is 11.3 Å². The maximum Gasteiger partial charge on any atom is 0.265 e. The number of anilines is 1. The van der Waals surface area contributed by atoms with Crippen LogP contribution in [0.2, 0.25) is 0 Å². The fraction of sp³-hybridized carbons (Fsp3) is 0.267. The molecule has 1 aromatic carbocycles. The highest BCUT2D eigenvalue weighted by atomic mass is 32.2. The first-order valence-corrected chi connectivity index (χ1v) is 9.11. The molecule has 0 unspecified atom stereocenters. The molecule has 2 rings (SSSR count). The molecule has 22 heavy (non-hydrogen) atoms. The molecular formula is C15H18N2O3S2. The summed E-state index contributed by atoms with van der Waals surface area (Å²) >= 11 is 1.48. The quantitative estimate of drug-likeness (QED) is 0.880. The third kappa shape index (κ3) is 3.55. The third-order valence-electron chi connectivity index (χ3n) is 3.26. The second-order valence-electron chi connectivity index (χ2n) is 4.76. The van der Waals surface area contributed by atoms with Crippen molar-refractivity contribution in [1.29, 1.82) is 0 Å². The lowest BCUT2D eigenvalue weighted by Gasteiger charge is -2.06. The number of amides is 1. The maximum absolute atomic E-state index is 12.2. The Morgan fingerprint density at radius 2 is 1.86 bits per heavy atom. The van der Waals surface area contributed by atoms with Crippen molar-refractivity contribution in [3.05, 3.63) is 45.6 Å². The van der Waals surface area contributed by atoms with E-state index in [0.29, 0.717) is 10.6 Å². The second kappa shape index (κ2) is 6.60. The molecule has 0 fully saturated rings. The van der Waals surface area contributed by atoms with Crippen molar-refractivity contribution in [2.75, 3.05) is 12.4 Å². The number of rotatable bonds is 5. The molecule has 0 saturated carbocycles. The van der Waals surface area contributed by atoms with Crippen LogP contribution in [0, 0.1) is 6.92 Å². The van der Waals surface area contributed by atoms with E-state index in [1.807, 2.05) is 13.0 Å².